The lowest BCUT2D eigenvalue weighted by Gasteiger charge is -2.03. The van der Waals surface area contributed by atoms with E-state index in [4.69, 9.17) is 4.74 Å². The molecule has 23 heavy (non-hydrogen) atoms. The van der Waals surface area contributed by atoms with Gasteiger partial charge < -0.3 is 4.74 Å². The summed E-state index contributed by atoms with van der Waals surface area (Å²) in [5, 5.41) is 11.7. The van der Waals surface area contributed by atoms with Crippen molar-refractivity contribution in [3.05, 3.63) is 59.9 Å². The Morgan fingerprint density at radius 2 is 1.87 bits per heavy atom. The van der Waals surface area contributed by atoms with Gasteiger partial charge in [-0.3, -0.25) is 10.1 Å². The number of hydrogen-bond donors (Lipinski definition) is 1. The molecule has 0 unspecified atom stereocenters. The van der Waals surface area contributed by atoms with Crippen LogP contribution in [0.15, 0.2) is 48.5 Å². The molecule has 1 N–H and O–H groups in total. The van der Waals surface area contributed by atoms with Crippen molar-refractivity contribution in [2.24, 2.45) is 0 Å². The van der Waals surface area contributed by atoms with E-state index in [-0.39, 0.29) is 5.91 Å². The van der Waals surface area contributed by atoms with Gasteiger partial charge in [-0.05, 0) is 36.4 Å². The van der Waals surface area contributed by atoms with E-state index in [1.807, 2.05) is 24.3 Å². The number of anilines is 1. The quantitative estimate of drug-likeness (QED) is 0.794. The van der Waals surface area contributed by atoms with Crippen LogP contribution in [-0.4, -0.2) is 23.2 Å². The first kappa shape index (κ1) is 15.1. The van der Waals surface area contributed by atoms with Crippen LogP contribution < -0.4 is 10.1 Å². The lowest BCUT2D eigenvalue weighted by atomic mass is 10.2. The third kappa shape index (κ3) is 3.35. The number of halogens is 1. The molecule has 1 aromatic heterocycles. The summed E-state index contributed by atoms with van der Waals surface area (Å²) >= 11 is 1.23. The molecular weight excluding hydrogens is 317 g/mol. The van der Waals surface area contributed by atoms with Crippen LogP contribution in [-0.2, 0) is 0 Å². The minimum atomic E-state index is -0.393. The summed E-state index contributed by atoms with van der Waals surface area (Å²) in [6.45, 7) is 0. The predicted molar refractivity (Wildman–Crippen MR) is 86.3 cm³/mol. The SMILES string of the molecule is COc1ccccc1-c1nnc(NC(=O)c2ccc(F)cc2)s1. The molecule has 0 saturated carbocycles. The highest BCUT2D eigenvalue weighted by Crippen LogP contribution is 2.33. The van der Waals surface area contributed by atoms with Crippen LogP contribution in [0, 0.1) is 5.82 Å². The van der Waals surface area contributed by atoms with Crippen molar-refractivity contribution >= 4 is 22.4 Å². The van der Waals surface area contributed by atoms with Crippen LogP contribution in [0.4, 0.5) is 9.52 Å². The maximum Gasteiger partial charge on any atom is 0.257 e. The smallest absolute Gasteiger partial charge is 0.257 e. The van der Waals surface area contributed by atoms with Crippen molar-refractivity contribution in [2.75, 3.05) is 12.4 Å². The molecule has 0 aliphatic carbocycles. The van der Waals surface area contributed by atoms with Gasteiger partial charge in [-0.25, -0.2) is 4.39 Å². The molecule has 0 aliphatic rings. The molecule has 7 heteroatoms. The second-order valence-electron chi connectivity index (χ2n) is 4.57. The molecule has 0 saturated heterocycles. The number of carbonyl (C=O) groups excluding carboxylic acids is 1. The predicted octanol–water partition coefficient (Wildman–Crippen LogP) is 3.61. The molecule has 0 bridgehead atoms. The molecule has 2 aromatic carbocycles. The summed E-state index contributed by atoms with van der Waals surface area (Å²) < 4.78 is 18.2. The molecule has 0 atom stereocenters. The van der Waals surface area contributed by atoms with Crippen LogP contribution in [0.2, 0.25) is 0 Å². The van der Waals surface area contributed by atoms with Crippen LogP contribution in [0.3, 0.4) is 0 Å². The fourth-order valence-corrected chi connectivity index (χ4v) is 2.74. The maximum atomic E-state index is 12.9. The molecule has 3 rings (SSSR count). The highest BCUT2D eigenvalue weighted by molar-refractivity contribution is 7.18. The van der Waals surface area contributed by atoms with E-state index in [1.165, 1.54) is 35.6 Å². The monoisotopic (exact) mass is 329 g/mol. The molecule has 0 aliphatic heterocycles. The number of amides is 1. The highest BCUT2D eigenvalue weighted by atomic mass is 32.1. The molecule has 5 nitrogen and oxygen atoms in total. The Hall–Kier alpha value is -2.80. The van der Waals surface area contributed by atoms with E-state index in [2.05, 4.69) is 15.5 Å². The second-order valence-corrected chi connectivity index (χ2v) is 5.55. The molecular formula is C16H12FN3O2S. The fraction of sp³-hybridized carbons (Fsp3) is 0.0625. The first-order chi connectivity index (χ1) is 11.2. The summed E-state index contributed by atoms with van der Waals surface area (Å²) in [6.07, 6.45) is 0. The summed E-state index contributed by atoms with van der Waals surface area (Å²) in [7, 11) is 1.58. The molecule has 0 fully saturated rings. The Morgan fingerprint density at radius 3 is 2.61 bits per heavy atom. The third-order valence-corrected chi connectivity index (χ3v) is 3.96. The molecule has 0 spiro atoms. The number of para-hydroxylation sites is 1. The van der Waals surface area contributed by atoms with Gasteiger partial charge in [0.05, 0.1) is 12.7 Å². The number of ether oxygens (including phenoxy) is 1. The standard InChI is InChI=1S/C16H12FN3O2S/c1-22-13-5-3-2-4-12(13)15-19-20-16(23-15)18-14(21)10-6-8-11(17)9-7-10/h2-9H,1H3,(H,18,20,21). The summed E-state index contributed by atoms with van der Waals surface area (Å²) in [5.41, 5.74) is 1.15. The van der Waals surface area contributed by atoms with Gasteiger partial charge in [0.1, 0.15) is 11.6 Å². The Kier molecular flexibility index (Phi) is 4.29. The average Bonchev–Trinajstić information content (AvgIpc) is 3.03. The van der Waals surface area contributed by atoms with Gasteiger partial charge >= 0.3 is 0 Å². The number of rotatable bonds is 4. The van der Waals surface area contributed by atoms with Crippen LogP contribution in [0.5, 0.6) is 5.75 Å². The lowest BCUT2D eigenvalue weighted by molar-refractivity contribution is 0.102. The van der Waals surface area contributed by atoms with Gasteiger partial charge in [-0.15, -0.1) is 10.2 Å². The Balaban J connectivity index is 1.79. The summed E-state index contributed by atoms with van der Waals surface area (Å²) in [5.74, 6) is -0.0799. The van der Waals surface area contributed by atoms with Gasteiger partial charge in [0.15, 0.2) is 5.01 Å². The zero-order chi connectivity index (χ0) is 16.2. The van der Waals surface area contributed by atoms with Gasteiger partial charge in [0.25, 0.3) is 5.91 Å². The minimum Gasteiger partial charge on any atom is -0.496 e. The van der Waals surface area contributed by atoms with Crippen LogP contribution >= 0.6 is 11.3 Å². The van der Waals surface area contributed by atoms with Gasteiger partial charge in [0.2, 0.25) is 5.13 Å². The van der Waals surface area contributed by atoms with E-state index < -0.39 is 5.82 Å². The van der Waals surface area contributed by atoms with Gasteiger partial charge in [0, 0.05) is 5.56 Å². The van der Waals surface area contributed by atoms with Crippen molar-refractivity contribution in [1.29, 1.82) is 0 Å². The number of benzene rings is 2. The summed E-state index contributed by atoms with van der Waals surface area (Å²) in [6, 6.07) is 12.7. The van der Waals surface area contributed by atoms with Crippen molar-refractivity contribution in [2.45, 2.75) is 0 Å². The van der Waals surface area contributed by atoms with E-state index >= 15 is 0 Å². The number of carbonyl (C=O) groups is 1. The maximum absolute atomic E-state index is 12.9. The molecule has 116 valence electrons. The van der Waals surface area contributed by atoms with Crippen molar-refractivity contribution in [3.63, 3.8) is 0 Å². The minimum absolute atomic E-state index is 0.348. The Morgan fingerprint density at radius 1 is 1.13 bits per heavy atom. The normalized spacial score (nSPS) is 10.3. The topological polar surface area (TPSA) is 64.1 Å². The number of nitrogens with one attached hydrogen (secondary N) is 1. The van der Waals surface area contributed by atoms with Gasteiger partial charge in [-0.1, -0.05) is 23.5 Å². The summed E-state index contributed by atoms with van der Waals surface area (Å²) in [4.78, 5) is 12.1. The zero-order valence-electron chi connectivity index (χ0n) is 12.1. The fourth-order valence-electron chi connectivity index (χ4n) is 1.97. The molecule has 1 amide bonds. The number of aromatic nitrogens is 2. The Bertz CT molecular complexity index is 833. The third-order valence-electron chi connectivity index (χ3n) is 3.09. The van der Waals surface area contributed by atoms with E-state index in [1.54, 1.807) is 7.11 Å². The molecule has 0 radical (unpaired) electrons. The van der Waals surface area contributed by atoms with E-state index in [0.29, 0.717) is 21.5 Å². The molecule has 3 aromatic rings. The van der Waals surface area contributed by atoms with Crippen LogP contribution in [0.1, 0.15) is 10.4 Å². The lowest BCUT2D eigenvalue weighted by Crippen LogP contribution is -2.11. The number of nitrogens with zero attached hydrogens (tertiary/aromatic N) is 2. The average molecular weight is 329 g/mol. The zero-order valence-corrected chi connectivity index (χ0v) is 12.9. The first-order valence-corrected chi connectivity index (χ1v) is 7.53. The van der Waals surface area contributed by atoms with Crippen molar-refractivity contribution < 1.29 is 13.9 Å². The van der Waals surface area contributed by atoms with Crippen molar-refractivity contribution in [3.8, 4) is 16.3 Å². The number of methoxy groups -OCH3 is 1. The first-order valence-electron chi connectivity index (χ1n) is 6.71. The van der Waals surface area contributed by atoms with Crippen LogP contribution in [0.25, 0.3) is 10.6 Å². The number of hydrogen-bond acceptors (Lipinski definition) is 5. The largest absolute Gasteiger partial charge is 0.496 e. The highest BCUT2D eigenvalue weighted by Gasteiger charge is 2.13. The van der Waals surface area contributed by atoms with Crippen molar-refractivity contribution in [1.82, 2.24) is 10.2 Å². The second kappa shape index (κ2) is 6.53. The van der Waals surface area contributed by atoms with Gasteiger partial charge in [-0.2, -0.15) is 0 Å². The van der Waals surface area contributed by atoms with E-state index in [0.717, 1.165) is 5.56 Å². The molecule has 1 heterocycles. The van der Waals surface area contributed by atoms with E-state index in [9.17, 15) is 9.18 Å². The Labute approximate surface area is 135 Å².